The molecule has 2 aromatic carbocycles. The lowest BCUT2D eigenvalue weighted by Crippen LogP contribution is -2.41. The summed E-state index contributed by atoms with van der Waals surface area (Å²) in [5.41, 5.74) is 3.40. The van der Waals surface area contributed by atoms with Gasteiger partial charge in [0.2, 0.25) is 10.0 Å². The first-order valence-electron chi connectivity index (χ1n) is 11.0. The fourth-order valence-corrected chi connectivity index (χ4v) is 6.38. The number of carbonyl (C=O) groups is 1. The van der Waals surface area contributed by atoms with Crippen molar-refractivity contribution in [3.8, 4) is 11.3 Å². The quantitative estimate of drug-likeness (QED) is 0.437. The minimum Gasteiger partial charge on any atom is -0.379 e. The molecule has 0 bridgehead atoms. The third-order valence-electron chi connectivity index (χ3n) is 5.83. The fourth-order valence-electron chi connectivity index (χ4n) is 3.95. The number of benzene rings is 2. The average molecular weight is 497 g/mol. The second kappa shape index (κ2) is 9.30. The molecule has 10 heteroatoms. The smallest absolute Gasteiger partial charge is 0.255 e. The van der Waals surface area contributed by atoms with Crippen LogP contribution in [0.1, 0.15) is 22.8 Å². The Morgan fingerprint density at radius 3 is 2.62 bits per heavy atom. The minimum absolute atomic E-state index is 0.180. The number of hydrogen-bond acceptors (Lipinski definition) is 6. The van der Waals surface area contributed by atoms with E-state index in [9.17, 15) is 13.2 Å². The van der Waals surface area contributed by atoms with Gasteiger partial charge in [-0.1, -0.05) is 25.1 Å². The zero-order valence-electron chi connectivity index (χ0n) is 18.6. The lowest BCUT2D eigenvalue weighted by Gasteiger charge is -2.27. The maximum atomic E-state index is 13.2. The van der Waals surface area contributed by atoms with E-state index in [1.807, 2.05) is 53.4 Å². The van der Waals surface area contributed by atoms with Gasteiger partial charge in [-0.2, -0.15) is 4.31 Å². The van der Waals surface area contributed by atoms with Gasteiger partial charge in [0, 0.05) is 47.7 Å². The van der Waals surface area contributed by atoms with Crippen LogP contribution in [0.25, 0.3) is 16.2 Å². The second-order valence-corrected chi connectivity index (χ2v) is 10.7. The molecule has 5 rings (SSSR count). The molecule has 1 amide bonds. The molecule has 4 aromatic rings. The summed E-state index contributed by atoms with van der Waals surface area (Å²) in [5, 5.41) is 4.84. The molecule has 1 N–H and O–H groups in total. The summed E-state index contributed by atoms with van der Waals surface area (Å²) in [5.74, 6) is -0.365. The van der Waals surface area contributed by atoms with E-state index in [0.29, 0.717) is 49.5 Å². The number of morpholine rings is 1. The molecule has 1 fully saturated rings. The number of nitrogens with one attached hydrogen (secondary N) is 1. The normalized spacial score (nSPS) is 15.0. The zero-order valence-corrected chi connectivity index (χ0v) is 20.2. The molecule has 1 saturated heterocycles. The van der Waals surface area contributed by atoms with E-state index in [2.05, 4.69) is 10.3 Å². The highest BCUT2D eigenvalue weighted by molar-refractivity contribution is 7.89. The predicted octanol–water partition coefficient (Wildman–Crippen LogP) is 3.90. The summed E-state index contributed by atoms with van der Waals surface area (Å²) in [4.78, 5) is 18.6. The molecule has 8 nitrogen and oxygen atoms in total. The van der Waals surface area contributed by atoms with Crippen LogP contribution in [0, 0.1) is 0 Å². The zero-order chi connectivity index (χ0) is 23.7. The number of anilines is 1. The molecule has 0 atom stereocenters. The number of hydrogen-bond donors (Lipinski definition) is 1. The highest BCUT2D eigenvalue weighted by Crippen LogP contribution is 2.25. The molecule has 3 heterocycles. The molecule has 1 aliphatic heterocycles. The van der Waals surface area contributed by atoms with Crippen molar-refractivity contribution in [1.29, 1.82) is 0 Å². The summed E-state index contributed by atoms with van der Waals surface area (Å²) in [6.07, 6.45) is 4.47. The van der Waals surface area contributed by atoms with Crippen LogP contribution in [-0.4, -0.2) is 54.3 Å². The van der Waals surface area contributed by atoms with Crippen LogP contribution >= 0.6 is 11.3 Å². The summed E-state index contributed by atoms with van der Waals surface area (Å²) in [6.45, 7) is 3.26. The Labute approximate surface area is 201 Å². The summed E-state index contributed by atoms with van der Waals surface area (Å²) < 4.78 is 35.2. The molecular weight excluding hydrogens is 472 g/mol. The number of aryl methyl sites for hydroxylation is 1. The van der Waals surface area contributed by atoms with Crippen molar-refractivity contribution in [1.82, 2.24) is 13.7 Å². The van der Waals surface area contributed by atoms with Crippen LogP contribution < -0.4 is 5.32 Å². The molecule has 0 saturated carbocycles. The maximum absolute atomic E-state index is 13.2. The third-order valence-corrected chi connectivity index (χ3v) is 8.58. The Bertz CT molecular complexity index is 1410. The second-order valence-electron chi connectivity index (χ2n) is 7.94. The number of amides is 1. The maximum Gasteiger partial charge on any atom is 0.255 e. The molecule has 176 valence electrons. The van der Waals surface area contributed by atoms with Gasteiger partial charge < -0.3 is 10.1 Å². The Morgan fingerprint density at radius 2 is 1.91 bits per heavy atom. The van der Waals surface area contributed by atoms with E-state index in [1.165, 1.54) is 10.4 Å². The Balaban J connectivity index is 1.36. The fraction of sp³-hybridized carbons (Fsp3) is 0.250. The lowest BCUT2D eigenvalue weighted by molar-refractivity contribution is 0.0730. The van der Waals surface area contributed by atoms with Gasteiger partial charge in [0.25, 0.3) is 5.91 Å². The summed E-state index contributed by atoms with van der Waals surface area (Å²) in [7, 11) is -3.71. The number of aromatic nitrogens is 2. The van der Waals surface area contributed by atoms with Crippen molar-refractivity contribution in [2.24, 2.45) is 0 Å². The molecule has 0 unspecified atom stereocenters. The Morgan fingerprint density at radius 1 is 1.15 bits per heavy atom. The summed E-state index contributed by atoms with van der Waals surface area (Å²) >= 11 is 1.57. The van der Waals surface area contributed by atoms with E-state index >= 15 is 0 Å². The number of fused-ring (bicyclic) bond motifs is 1. The van der Waals surface area contributed by atoms with Gasteiger partial charge in [0.15, 0.2) is 4.96 Å². The Kier molecular flexibility index (Phi) is 6.22. The van der Waals surface area contributed by atoms with Crippen LogP contribution in [0.15, 0.2) is 65.1 Å². The molecule has 2 aromatic heterocycles. The number of sulfonamides is 1. The topological polar surface area (TPSA) is 93.0 Å². The number of rotatable bonds is 6. The molecule has 34 heavy (non-hydrogen) atoms. The van der Waals surface area contributed by atoms with E-state index in [0.717, 1.165) is 16.2 Å². The first-order valence-corrected chi connectivity index (χ1v) is 13.3. The van der Waals surface area contributed by atoms with Crippen molar-refractivity contribution in [3.05, 3.63) is 71.4 Å². The highest BCUT2D eigenvalue weighted by Gasteiger charge is 2.29. The van der Waals surface area contributed by atoms with E-state index in [-0.39, 0.29) is 10.8 Å². The van der Waals surface area contributed by atoms with Gasteiger partial charge in [-0.3, -0.25) is 9.20 Å². The van der Waals surface area contributed by atoms with E-state index in [1.54, 1.807) is 23.5 Å². The van der Waals surface area contributed by atoms with E-state index in [4.69, 9.17) is 4.74 Å². The molecule has 1 aliphatic rings. The molecule has 0 radical (unpaired) electrons. The standard InChI is InChI=1S/C24H24N4O4S2/c1-2-17-3-4-19(15-22(17)34(30,31)28-9-12-32-13-10-28)23(29)25-20-7-5-18(6-8-20)21-16-27-11-14-33-24(27)26-21/h3-8,11,14-16H,2,9-10,12-13H2,1H3,(H,25,29). The van der Waals surface area contributed by atoms with Crippen molar-refractivity contribution < 1.29 is 17.9 Å². The first-order chi connectivity index (χ1) is 16.5. The van der Waals surface area contributed by atoms with Gasteiger partial charge in [-0.25, -0.2) is 13.4 Å². The number of carbonyl (C=O) groups excluding carboxylic acids is 1. The van der Waals surface area contributed by atoms with Gasteiger partial charge in [0.1, 0.15) is 0 Å². The predicted molar refractivity (Wildman–Crippen MR) is 132 cm³/mol. The molecular formula is C24H24N4O4S2. The first kappa shape index (κ1) is 22.7. The number of imidazole rings is 1. The van der Waals surface area contributed by atoms with E-state index < -0.39 is 10.0 Å². The number of nitrogens with zero attached hydrogens (tertiary/aromatic N) is 3. The summed E-state index contributed by atoms with van der Waals surface area (Å²) in [6, 6.07) is 12.3. The molecule has 0 spiro atoms. The Hall–Kier alpha value is -3.05. The largest absolute Gasteiger partial charge is 0.379 e. The third kappa shape index (κ3) is 4.37. The van der Waals surface area contributed by atoms with Crippen LogP contribution in [0.3, 0.4) is 0 Å². The van der Waals surface area contributed by atoms with Gasteiger partial charge in [-0.05, 0) is 36.2 Å². The number of ether oxygens (including phenoxy) is 1. The lowest BCUT2D eigenvalue weighted by atomic mass is 10.1. The minimum atomic E-state index is -3.71. The molecule has 0 aliphatic carbocycles. The van der Waals surface area contributed by atoms with Gasteiger partial charge >= 0.3 is 0 Å². The van der Waals surface area contributed by atoms with Crippen molar-refractivity contribution in [2.75, 3.05) is 31.6 Å². The highest BCUT2D eigenvalue weighted by atomic mass is 32.2. The van der Waals surface area contributed by atoms with Crippen LogP contribution in [0.4, 0.5) is 5.69 Å². The SMILES string of the molecule is CCc1ccc(C(=O)Nc2ccc(-c3cn4ccsc4n3)cc2)cc1S(=O)(=O)N1CCOCC1. The van der Waals surface area contributed by atoms with Crippen LogP contribution in [-0.2, 0) is 21.2 Å². The number of thiazole rings is 1. The average Bonchev–Trinajstić information content (AvgIpc) is 3.47. The van der Waals surface area contributed by atoms with Crippen molar-refractivity contribution in [3.63, 3.8) is 0 Å². The van der Waals surface area contributed by atoms with Gasteiger partial charge in [0.05, 0.1) is 23.8 Å². The van der Waals surface area contributed by atoms with Crippen molar-refractivity contribution >= 4 is 37.9 Å². The van der Waals surface area contributed by atoms with Crippen LogP contribution in [0.5, 0.6) is 0 Å². The van der Waals surface area contributed by atoms with Crippen LogP contribution in [0.2, 0.25) is 0 Å². The van der Waals surface area contributed by atoms with Gasteiger partial charge in [-0.15, -0.1) is 11.3 Å². The monoisotopic (exact) mass is 496 g/mol. The van der Waals surface area contributed by atoms with Crippen molar-refractivity contribution in [2.45, 2.75) is 18.2 Å².